The number of carbonyl (C=O) groups is 1. The highest BCUT2D eigenvalue weighted by Crippen LogP contribution is 2.30. The minimum atomic E-state index is -2.75. The van der Waals surface area contributed by atoms with Crippen LogP contribution in [0.3, 0.4) is 0 Å². The highest BCUT2D eigenvalue weighted by Gasteiger charge is 2.31. The van der Waals surface area contributed by atoms with Gasteiger partial charge in [-0.05, 0) is 58.3 Å². The second kappa shape index (κ2) is 9.17. The summed E-state index contributed by atoms with van der Waals surface area (Å²) < 4.78 is 29.2. The van der Waals surface area contributed by atoms with Crippen molar-refractivity contribution in [1.29, 1.82) is 0 Å². The highest BCUT2D eigenvalue weighted by molar-refractivity contribution is 5.97. The third-order valence-corrected chi connectivity index (χ3v) is 5.65. The molecule has 10 heteroatoms. The molecule has 0 unspecified atom stereocenters. The van der Waals surface area contributed by atoms with Gasteiger partial charge in [-0.25, -0.2) is 4.98 Å². The van der Waals surface area contributed by atoms with Crippen LogP contribution in [-0.4, -0.2) is 51.4 Å². The van der Waals surface area contributed by atoms with E-state index in [1.807, 2.05) is 0 Å². The number of nitrogens with one attached hydrogen (secondary N) is 2. The Bertz CT molecular complexity index is 711. The van der Waals surface area contributed by atoms with Gasteiger partial charge in [0.2, 0.25) is 5.95 Å². The molecule has 29 heavy (non-hydrogen) atoms. The van der Waals surface area contributed by atoms with Crippen LogP contribution in [0.2, 0.25) is 0 Å². The lowest BCUT2D eigenvalue weighted by Crippen LogP contribution is -2.38. The van der Waals surface area contributed by atoms with Crippen LogP contribution in [0.5, 0.6) is 0 Å². The van der Waals surface area contributed by atoms with E-state index >= 15 is 0 Å². The molecule has 2 saturated carbocycles. The first kappa shape index (κ1) is 21.6. The van der Waals surface area contributed by atoms with Gasteiger partial charge in [0, 0.05) is 18.3 Å². The average Bonchev–Trinajstić information content (AvgIpc) is 2.62. The van der Waals surface area contributed by atoms with Crippen molar-refractivity contribution in [3.05, 3.63) is 11.8 Å². The minimum Gasteiger partial charge on any atom is -0.390 e. The smallest absolute Gasteiger partial charge is 0.345 e. The standard InChI is InChI=1S/C19H29F2N5O3/c1-19(28)8-2-3-12(9-19)24-16-14(15(22)27)10-23-18(26-16)25-11-4-6-13(7-5-11)29-17(20)21/h10-13,17,28H,2-9H2,1H3,(H2,22,27)(H2,23,24,25,26)/t11?,12-,13?,19+/m1/s1. The number of nitrogens with two attached hydrogens (primary N) is 1. The van der Waals surface area contributed by atoms with Gasteiger partial charge in [0.15, 0.2) is 0 Å². The molecule has 2 aliphatic rings. The number of ether oxygens (including phenoxy) is 1. The van der Waals surface area contributed by atoms with Crippen LogP contribution >= 0.6 is 0 Å². The molecular weight excluding hydrogens is 384 g/mol. The number of anilines is 2. The van der Waals surface area contributed by atoms with Crippen LogP contribution in [0, 0.1) is 0 Å². The summed E-state index contributed by atoms with van der Waals surface area (Å²) in [6, 6.07) is 0.0109. The SMILES string of the molecule is C[C@]1(O)CCC[C@@H](Nc2nc(NC3CCC(OC(F)F)CC3)ncc2C(N)=O)C1. The van der Waals surface area contributed by atoms with Crippen LogP contribution in [0.4, 0.5) is 20.5 Å². The number of aromatic nitrogens is 2. The number of hydrogen-bond acceptors (Lipinski definition) is 7. The maximum atomic E-state index is 12.3. The zero-order valence-corrected chi connectivity index (χ0v) is 16.5. The van der Waals surface area contributed by atoms with Gasteiger partial charge in [-0.2, -0.15) is 13.8 Å². The van der Waals surface area contributed by atoms with Crippen molar-refractivity contribution in [2.24, 2.45) is 5.73 Å². The predicted molar refractivity (Wildman–Crippen MR) is 104 cm³/mol. The van der Waals surface area contributed by atoms with Crippen molar-refractivity contribution in [3.8, 4) is 0 Å². The van der Waals surface area contributed by atoms with E-state index in [9.17, 15) is 18.7 Å². The molecule has 8 nitrogen and oxygen atoms in total. The molecule has 0 spiro atoms. The maximum Gasteiger partial charge on any atom is 0.345 e. The summed E-state index contributed by atoms with van der Waals surface area (Å²) in [4.78, 5) is 20.4. The molecule has 3 rings (SSSR count). The number of primary amides is 1. The molecule has 162 valence electrons. The fourth-order valence-electron chi connectivity index (χ4n) is 4.19. The second-order valence-corrected chi connectivity index (χ2v) is 8.27. The third kappa shape index (κ3) is 6.20. The van der Waals surface area contributed by atoms with E-state index < -0.39 is 24.2 Å². The maximum absolute atomic E-state index is 12.3. The number of alkyl halides is 2. The van der Waals surface area contributed by atoms with Crippen molar-refractivity contribution >= 4 is 17.7 Å². The lowest BCUT2D eigenvalue weighted by Gasteiger charge is -2.34. The largest absolute Gasteiger partial charge is 0.390 e. The van der Waals surface area contributed by atoms with Crippen molar-refractivity contribution < 1.29 is 23.4 Å². The first-order valence-electron chi connectivity index (χ1n) is 10.1. The van der Waals surface area contributed by atoms with Crippen molar-refractivity contribution in [3.63, 3.8) is 0 Å². The molecule has 1 aromatic heterocycles. The summed E-state index contributed by atoms with van der Waals surface area (Å²) in [5.74, 6) is 0.0528. The number of carbonyl (C=O) groups excluding carboxylic acids is 1. The lowest BCUT2D eigenvalue weighted by molar-refractivity contribution is -0.169. The summed E-state index contributed by atoms with van der Waals surface area (Å²) in [6.45, 7) is -0.944. The molecular formula is C19H29F2N5O3. The first-order chi connectivity index (χ1) is 13.7. The quantitative estimate of drug-likeness (QED) is 0.542. The number of aliphatic hydroxyl groups is 1. The van der Waals surface area contributed by atoms with Crippen molar-refractivity contribution in [2.75, 3.05) is 10.6 Å². The molecule has 5 N–H and O–H groups in total. The Morgan fingerprint density at radius 1 is 1.28 bits per heavy atom. The van der Waals surface area contributed by atoms with E-state index in [2.05, 4.69) is 25.3 Å². The molecule has 1 aromatic rings. The molecule has 0 aromatic carbocycles. The van der Waals surface area contributed by atoms with Gasteiger partial charge in [-0.3, -0.25) is 4.79 Å². The van der Waals surface area contributed by atoms with Crippen LogP contribution in [0.15, 0.2) is 6.20 Å². The molecule has 2 fully saturated rings. The summed E-state index contributed by atoms with van der Waals surface area (Å²) in [5.41, 5.74) is 4.89. The van der Waals surface area contributed by atoms with E-state index in [4.69, 9.17) is 5.73 Å². The number of hydrogen-bond donors (Lipinski definition) is 4. The Kier molecular flexibility index (Phi) is 6.84. The summed E-state index contributed by atoms with van der Waals surface area (Å²) in [5, 5.41) is 16.8. The van der Waals surface area contributed by atoms with Gasteiger partial charge in [-0.15, -0.1) is 0 Å². The van der Waals surface area contributed by atoms with Gasteiger partial charge in [0.25, 0.3) is 5.91 Å². The summed E-state index contributed by atoms with van der Waals surface area (Å²) in [7, 11) is 0. The van der Waals surface area contributed by atoms with E-state index in [0.29, 0.717) is 43.9 Å². The number of nitrogens with zero attached hydrogens (tertiary/aromatic N) is 2. The molecule has 0 aliphatic heterocycles. The number of amides is 1. The van der Waals surface area contributed by atoms with Crippen LogP contribution in [0.25, 0.3) is 0 Å². The zero-order valence-electron chi connectivity index (χ0n) is 16.5. The van der Waals surface area contributed by atoms with E-state index in [-0.39, 0.29) is 17.6 Å². The van der Waals surface area contributed by atoms with Gasteiger partial charge >= 0.3 is 6.61 Å². The molecule has 0 saturated heterocycles. The fraction of sp³-hybridized carbons (Fsp3) is 0.737. The minimum absolute atomic E-state index is 0.0264. The first-order valence-corrected chi connectivity index (χ1v) is 10.1. The topological polar surface area (TPSA) is 122 Å². The van der Waals surface area contributed by atoms with Crippen LogP contribution in [-0.2, 0) is 4.74 Å². The van der Waals surface area contributed by atoms with Crippen LogP contribution < -0.4 is 16.4 Å². The summed E-state index contributed by atoms with van der Waals surface area (Å²) in [6.07, 6.45) is 6.35. The molecule has 0 radical (unpaired) electrons. The summed E-state index contributed by atoms with van der Waals surface area (Å²) >= 11 is 0. The van der Waals surface area contributed by atoms with Gasteiger partial charge in [0.05, 0.1) is 17.3 Å². The van der Waals surface area contributed by atoms with Gasteiger partial charge in [0.1, 0.15) is 5.82 Å². The predicted octanol–water partition coefficient (Wildman–Crippen LogP) is 2.64. The Morgan fingerprint density at radius 2 is 2.00 bits per heavy atom. The van der Waals surface area contributed by atoms with E-state index in [0.717, 1.165) is 19.3 Å². The Hall–Kier alpha value is -2.07. The fourth-order valence-corrected chi connectivity index (χ4v) is 4.19. The highest BCUT2D eigenvalue weighted by atomic mass is 19.3. The number of halogens is 2. The molecule has 0 bridgehead atoms. The molecule has 1 heterocycles. The Morgan fingerprint density at radius 3 is 2.62 bits per heavy atom. The zero-order chi connectivity index (χ0) is 21.0. The van der Waals surface area contributed by atoms with E-state index in [1.165, 1.54) is 6.20 Å². The van der Waals surface area contributed by atoms with Gasteiger partial charge in [-0.1, -0.05) is 0 Å². The molecule has 1 amide bonds. The second-order valence-electron chi connectivity index (χ2n) is 8.27. The normalized spacial score (nSPS) is 30.2. The Balaban J connectivity index is 1.65. The number of rotatable bonds is 7. The molecule has 2 aliphatic carbocycles. The Labute approximate surface area is 168 Å². The van der Waals surface area contributed by atoms with Crippen LogP contribution in [0.1, 0.15) is 68.6 Å². The average molecular weight is 413 g/mol. The molecule has 2 atom stereocenters. The van der Waals surface area contributed by atoms with E-state index in [1.54, 1.807) is 6.92 Å². The lowest BCUT2D eigenvalue weighted by atomic mass is 9.83. The third-order valence-electron chi connectivity index (χ3n) is 5.65. The van der Waals surface area contributed by atoms with Crippen molar-refractivity contribution in [2.45, 2.75) is 88.7 Å². The monoisotopic (exact) mass is 413 g/mol. The van der Waals surface area contributed by atoms with Crippen molar-refractivity contribution in [1.82, 2.24) is 9.97 Å². The van der Waals surface area contributed by atoms with Gasteiger partial charge < -0.3 is 26.2 Å².